The maximum absolute atomic E-state index is 12.6. The smallest absolute Gasteiger partial charge is 0.341 e. The van der Waals surface area contributed by atoms with Crippen LogP contribution in [0.5, 0.6) is 0 Å². The molecule has 0 saturated carbocycles. The van der Waals surface area contributed by atoms with Crippen LogP contribution in [0.4, 0.5) is 0 Å². The first-order valence-corrected chi connectivity index (χ1v) is 7.58. The first-order valence-electron chi connectivity index (χ1n) is 5.97. The molecule has 2 unspecified atom stereocenters. The van der Waals surface area contributed by atoms with Gasteiger partial charge in [0.1, 0.15) is 11.8 Å². The van der Waals surface area contributed by atoms with Crippen molar-refractivity contribution in [2.75, 3.05) is 19.8 Å². The lowest BCUT2D eigenvalue weighted by molar-refractivity contribution is 0.0239. The number of rotatable bonds is 7. The maximum atomic E-state index is 12.6. The Kier molecular flexibility index (Phi) is 5.50. The summed E-state index contributed by atoms with van der Waals surface area (Å²) in [7, 11) is -3.17. The summed E-state index contributed by atoms with van der Waals surface area (Å²) in [6.45, 7) is 8.48. The Hall–Kier alpha value is -0.510. The molecule has 1 aliphatic heterocycles. The minimum Gasteiger partial charge on any atom is -0.466 e. The van der Waals surface area contributed by atoms with Gasteiger partial charge in [-0.1, -0.05) is 0 Å². The highest BCUT2D eigenvalue weighted by Crippen LogP contribution is 2.57. The van der Waals surface area contributed by atoms with Crippen LogP contribution >= 0.6 is 7.60 Å². The van der Waals surface area contributed by atoms with E-state index in [1.54, 1.807) is 19.9 Å². The summed E-state index contributed by atoms with van der Waals surface area (Å²) in [6.07, 6.45) is 1.43. The van der Waals surface area contributed by atoms with E-state index in [9.17, 15) is 4.57 Å². The normalized spacial score (nSPS) is 24.4. The quantitative estimate of drug-likeness (QED) is 0.662. The summed E-state index contributed by atoms with van der Waals surface area (Å²) in [6, 6.07) is 0. The van der Waals surface area contributed by atoms with Gasteiger partial charge in [-0.2, -0.15) is 0 Å². The van der Waals surface area contributed by atoms with Crippen LogP contribution in [0.25, 0.3) is 0 Å². The standard InChI is InChI=1S/C11H21O5P/c1-5-13-11-8-10(9(4)16-11)17(12,14-6-2)15-7-3/h8-10H,5-7H2,1-4H3. The molecule has 0 saturated heterocycles. The zero-order chi connectivity index (χ0) is 12.9. The molecule has 0 aromatic carbocycles. The van der Waals surface area contributed by atoms with E-state index in [1.807, 2.05) is 13.8 Å². The van der Waals surface area contributed by atoms with Gasteiger partial charge in [-0.05, 0) is 27.7 Å². The fourth-order valence-corrected chi connectivity index (χ4v) is 3.73. The monoisotopic (exact) mass is 264 g/mol. The predicted octanol–water partition coefficient (Wildman–Crippen LogP) is 2.92. The van der Waals surface area contributed by atoms with Gasteiger partial charge in [-0.15, -0.1) is 0 Å². The molecule has 0 aliphatic carbocycles. The van der Waals surface area contributed by atoms with Crippen LogP contribution in [0.3, 0.4) is 0 Å². The lowest BCUT2D eigenvalue weighted by atomic mass is 10.3. The summed E-state index contributed by atoms with van der Waals surface area (Å²) >= 11 is 0. The van der Waals surface area contributed by atoms with Gasteiger partial charge in [-0.25, -0.2) is 0 Å². The van der Waals surface area contributed by atoms with Crippen LogP contribution in [0.1, 0.15) is 27.7 Å². The van der Waals surface area contributed by atoms with Crippen LogP contribution in [-0.4, -0.2) is 31.6 Å². The number of hydrogen-bond donors (Lipinski definition) is 0. The van der Waals surface area contributed by atoms with Crippen LogP contribution in [-0.2, 0) is 23.1 Å². The molecule has 1 rings (SSSR count). The second-order valence-corrected chi connectivity index (χ2v) is 5.80. The van der Waals surface area contributed by atoms with E-state index >= 15 is 0 Å². The molecular formula is C11H21O5P. The third-order valence-electron chi connectivity index (χ3n) is 2.36. The topological polar surface area (TPSA) is 54.0 Å². The summed E-state index contributed by atoms with van der Waals surface area (Å²) < 4.78 is 33.9. The van der Waals surface area contributed by atoms with Gasteiger partial charge >= 0.3 is 7.60 Å². The van der Waals surface area contributed by atoms with Gasteiger partial charge in [0.2, 0.25) is 0 Å². The molecule has 2 atom stereocenters. The van der Waals surface area contributed by atoms with Crippen LogP contribution < -0.4 is 0 Å². The number of ether oxygens (including phenoxy) is 2. The van der Waals surface area contributed by atoms with E-state index in [2.05, 4.69) is 0 Å². The fraction of sp³-hybridized carbons (Fsp3) is 0.818. The van der Waals surface area contributed by atoms with E-state index in [-0.39, 0.29) is 6.10 Å². The zero-order valence-electron chi connectivity index (χ0n) is 10.8. The SMILES string of the molecule is CCOC1=CC(P(=O)(OCC)OCC)C(C)O1. The molecule has 5 nitrogen and oxygen atoms in total. The highest BCUT2D eigenvalue weighted by atomic mass is 31.2. The van der Waals surface area contributed by atoms with Crippen molar-refractivity contribution in [3.8, 4) is 0 Å². The molecule has 1 aliphatic rings. The van der Waals surface area contributed by atoms with Crippen LogP contribution in [0, 0.1) is 0 Å². The van der Waals surface area contributed by atoms with E-state index in [0.717, 1.165) is 0 Å². The van der Waals surface area contributed by atoms with Crippen molar-refractivity contribution in [1.82, 2.24) is 0 Å². The summed E-state index contributed by atoms with van der Waals surface area (Å²) in [5.74, 6) is 0.407. The first-order chi connectivity index (χ1) is 8.07. The Morgan fingerprint density at radius 3 is 2.29 bits per heavy atom. The molecule has 100 valence electrons. The predicted molar refractivity (Wildman–Crippen MR) is 64.9 cm³/mol. The molecule has 0 bridgehead atoms. The van der Waals surface area contributed by atoms with E-state index in [4.69, 9.17) is 18.5 Å². The van der Waals surface area contributed by atoms with Gasteiger partial charge in [0.25, 0.3) is 5.95 Å². The maximum Gasteiger partial charge on any atom is 0.341 e. The van der Waals surface area contributed by atoms with E-state index in [1.165, 1.54) is 0 Å². The second-order valence-electron chi connectivity index (χ2n) is 3.61. The minimum absolute atomic E-state index is 0.263. The molecule has 0 aromatic heterocycles. The highest BCUT2D eigenvalue weighted by Gasteiger charge is 2.43. The largest absolute Gasteiger partial charge is 0.466 e. The Labute approximate surface area is 103 Å². The summed E-state index contributed by atoms with van der Waals surface area (Å²) in [5.41, 5.74) is -0.399. The lowest BCUT2D eigenvalue weighted by Gasteiger charge is -2.23. The van der Waals surface area contributed by atoms with E-state index in [0.29, 0.717) is 25.8 Å². The molecule has 0 spiro atoms. The van der Waals surface area contributed by atoms with Crippen molar-refractivity contribution in [2.24, 2.45) is 0 Å². The molecule has 6 heteroatoms. The van der Waals surface area contributed by atoms with Gasteiger partial charge in [-0.3, -0.25) is 4.57 Å². The van der Waals surface area contributed by atoms with Gasteiger partial charge in [0.15, 0.2) is 0 Å². The molecule has 17 heavy (non-hydrogen) atoms. The molecule has 1 heterocycles. The fourth-order valence-electron chi connectivity index (χ4n) is 1.71. The molecule has 0 radical (unpaired) electrons. The highest BCUT2D eigenvalue weighted by molar-refractivity contribution is 7.55. The average molecular weight is 264 g/mol. The van der Waals surface area contributed by atoms with Crippen molar-refractivity contribution in [2.45, 2.75) is 39.5 Å². The van der Waals surface area contributed by atoms with Crippen molar-refractivity contribution in [1.29, 1.82) is 0 Å². The first kappa shape index (κ1) is 14.6. The third-order valence-corrected chi connectivity index (χ3v) is 4.90. The van der Waals surface area contributed by atoms with Crippen LogP contribution in [0.2, 0.25) is 0 Å². The Bertz CT molecular complexity index is 305. The average Bonchev–Trinajstić information content (AvgIpc) is 2.61. The van der Waals surface area contributed by atoms with Crippen molar-refractivity contribution in [3.05, 3.63) is 12.0 Å². The van der Waals surface area contributed by atoms with E-state index < -0.39 is 13.3 Å². The molecule has 0 aromatic rings. The lowest BCUT2D eigenvalue weighted by Crippen LogP contribution is -2.21. The number of hydrogen-bond acceptors (Lipinski definition) is 5. The molecule has 0 amide bonds. The van der Waals surface area contributed by atoms with Crippen molar-refractivity contribution < 1.29 is 23.1 Å². The summed E-state index contributed by atoms with van der Waals surface area (Å²) in [4.78, 5) is 0. The Morgan fingerprint density at radius 1 is 1.24 bits per heavy atom. The molecular weight excluding hydrogens is 243 g/mol. The van der Waals surface area contributed by atoms with Gasteiger partial charge in [0.05, 0.1) is 19.8 Å². The van der Waals surface area contributed by atoms with Crippen LogP contribution in [0.15, 0.2) is 12.0 Å². The summed E-state index contributed by atoms with van der Waals surface area (Å²) in [5, 5.41) is 0. The van der Waals surface area contributed by atoms with Gasteiger partial charge < -0.3 is 18.5 Å². The van der Waals surface area contributed by atoms with Crippen molar-refractivity contribution >= 4 is 7.60 Å². The second kappa shape index (κ2) is 6.43. The van der Waals surface area contributed by atoms with Gasteiger partial charge in [0, 0.05) is 6.08 Å². The Balaban J connectivity index is 2.83. The zero-order valence-corrected chi connectivity index (χ0v) is 11.7. The van der Waals surface area contributed by atoms with Crippen molar-refractivity contribution in [3.63, 3.8) is 0 Å². The third kappa shape index (κ3) is 3.47. The molecule has 0 fully saturated rings. The minimum atomic E-state index is -3.17. The molecule has 0 N–H and O–H groups in total. The Morgan fingerprint density at radius 2 is 1.82 bits per heavy atom.